The third-order valence-corrected chi connectivity index (χ3v) is 4.95. The van der Waals surface area contributed by atoms with Crippen LogP contribution in [0.3, 0.4) is 0 Å². The van der Waals surface area contributed by atoms with Gasteiger partial charge in [-0.2, -0.15) is 0 Å². The quantitative estimate of drug-likeness (QED) is 0.472. The Hall–Kier alpha value is -0.603. The second-order valence-electron chi connectivity index (χ2n) is 5.77. The van der Waals surface area contributed by atoms with Gasteiger partial charge in [0.2, 0.25) is 0 Å². The zero-order chi connectivity index (χ0) is 14.3. The zero-order valence-electron chi connectivity index (χ0n) is 13.1. The summed E-state index contributed by atoms with van der Waals surface area (Å²) in [6, 6.07) is 0. The summed E-state index contributed by atoms with van der Waals surface area (Å²) in [7, 11) is -1.01. The fourth-order valence-corrected chi connectivity index (χ4v) is 3.98. The van der Waals surface area contributed by atoms with Gasteiger partial charge in [-0.1, -0.05) is 49.4 Å². The first-order valence-corrected chi connectivity index (χ1v) is 8.30. The largest absolute Gasteiger partial charge is 0.404 e. The molecule has 0 N–H and O–H groups in total. The van der Waals surface area contributed by atoms with E-state index in [0.29, 0.717) is 11.8 Å². The van der Waals surface area contributed by atoms with Crippen LogP contribution in [-0.4, -0.2) is 15.1 Å². The van der Waals surface area contributed by atoms with Crippen molar-refractivity contribution in [2.24, 2.45) is 11.8 Å². The van der Waals surface area contributed by atoms with Gasteiger partial charge < -0.3 is 4.43 Å². The molecule has 1 unspecified atom stereocenters. The van der Waals surface area contributed by atoms with E-state index in [1.54, 1.807) is 0 Å². The number of hydrogen-bond acceptors (Lipinski definition) is 1. The highest BCUT2D eigenvalue weighted by Crippen LogP contribution is 2.19. The van der Waals surface area contributed by atoms with Gasteiger partial charge in [0.25, 0.3) is 9.04 Å². The lowest BCUT2D eigenvalue weighted by atomic mass is 9.95. The van der Waals surface area contributed by atoms with Crippen LogP contribution in [-0.2, 0) is 4.43 Å². The molecule has 0 rings (SSSR count). The van der Waals surface area contributed by atoms with Gasteiger partial charge in [0.1, 0.15) is 0 Å². The van der Waals surface area contributed by atoms with E-state index in [-0.39, 0.29) is 6.10 Å². The minimum Gasteiger partial charge on any atom is -0.404 e. The maximum absolute atomic E-state index is 6.36. The molecule has 2 atom stereocenters. The normalized spacial score (nSPS) is 14.3. The maximum atomic E-state index is 6.36. The van der Waals surface area contributed by atoms with Crippen molar-refractivity contribution in [3.8, 4) is 0 Å². The van der Waals surface area contributed by atoms with E-state index in [1.807, 2.05) is 6.08 Å². The smallest absolute Gasteiger partial charge is 0.267 e. The molecular weight excluding hydrogens is 236 g/mol. The van der Waals surface area contributed by atoms with Crippen molar-refractivity contribution in [2.45, 2.75) is 54.6 Å². The van der Waals surface area contributed by atoms with E-state index >= 15 is 0 Å². The summed E-state index contributed by atoms with van der Waals surface area (Å²) in [5.74, 6) is 0.898. The van der Waals surface area contributed by atoms with Crippen molar-refractivity contribution in [1.29, 1.82) is 0 Å². The Labute approximate surface area is 115 Å². The molecule has 2 heteroatoms. The van der Waals surface area contributed by atoms with Crippen molar-refractivity contribution in [2.75, 3.05) is 0 Å². The average Bonchev–Trinajstić information content (AvgIpc) is 2.22. The van der Waals surface area contributed by atoms with Crippen LogP contribution in [0.4, 0.5) is 0 Å². The van der Waals surface area contributed by atoms with Crippen LogP contribution in [0.5, 0.6) is 0 Å². The van der Waals surface area contributed by atoms with E-state index < -0.39 is 9.04 Å². The van der Waals surface area contributed by atoms with Gasteiger partial charge in [-0.15, -0.1) is 6.58 Å². The van der Waals surface area contributed by atoms with Crippen LogP contribution in [0.15, 0.2) is 35.2 Å². The lowest BCUT2D eigenvalue weighted by Gasteiger charge is -2.28. The monoisotopic (exact) mass is 265 g/mol. The van der Waals surface area contributed by atoms with Crippen LogP contribution in [0.25, 0.3) is 0 Å². The Morgan fingerprint density at radius 2 is 1.44 bits per heavy atom. The topological polar surface area (TPSA) is 9.23 Å². The summed E-state index contributed by atoms with van der Waals surface area (Å²) in [6.07, 6.45) is 2.25. The average molecular weight is 265 g/mol. The van der Waals surface area contributed by atoms with Crippen molar-refractivity contribution in [1.82, 2.24) is 0 Å². The number of hydrogen-bond donors (Lipinski definition) is 0. The molecule has 0 bridgehead atoms. The van der Waals surface area contributed by atoms with Gasteiger partial charge in [-0.25, -0.2) is 0 Å². The lowest BCUT2D eigenvalue weighted by Crippen LogP contribution is -2.32. The second kappa shape index (κ2) is 8.49. The summed E-state index contributed by atoms with van der Waals surface area (Å²) < 4.78 is 6.36. The molecule has 0 saturated heterocycles. The highest BCUT2D eigenvalue weighted by molar-refractivity contribution is 6.63. The second-order valence-corrected chi connectivity index (χ2v) is 7.38. The summed E-state index contributed by atoms with van der Waals surface area (Å²) in [4.78, 5) is 0. The molecule has 103 valence electrons. The number of rotatable bonds is 7. The Kier molecular flexibility index (Phi) is 8.21. The van der Waals surface area contributed by atoms with E-state index in [2.05, 4.69) is 66.4 Å². The highest BCUT2D eigenvalue weighted by atomic mass is 28.3. The Morgan fingerprint density at radius 1 is 1.00 bits per heavy atom. The van der Waals surface area contributed by atoms with E-state index in [1.165, 1.54) is 11.1 Å². The first-order valence-electron chi connectivity index (χ1n) is 6.73. The minimum atomic E-state index is -1.01. The van der Waals surface area contributed by atoms with Crippen LogP contribution in [0, 0.1) is 11.8 Å². The maximum Gasteiger partial charge on any atom is 0.267 e. The Bertz CT molecular complexity index is 289. The molecule has 0 aliphatic rings. The molecule has 0 amide bonds. The molecule has 0 aromatic rings. The third-order valence-electron chi connectivity index (χ3n) is 2.68. The van der Waals surface area contributed by atoms with Gasteiger partial charge in [-0.05, 0) is 39.5 Å². The molecule has 0 aliphatic carbocycles. The van der Waals surface area contributed by atoms with Gasteiger partial charge >= 0.3 is 0 Å². The van der Waals surface area contributed by atoms with Crippen molar-refractivity contribution < 1.29 is 4.43 Å². The Morgan fingerprint density at radius 3 is 1.72 bits per heavy atom. The molecule has 0 heterocycles. The first-order chi connectivity index (χ1) is 8.27. The zero-order valence-corrected chi connectivity index (χ0v) is 14.1. The molecule has 1 radical (unpaired) electrons. The first kappa shape index (κ1) is 17.4. The van der Waals surface area contributed by atoms with Crippen LogP contribution in [0.2, 0.25) is 0 Å². The molecule has 18 heavy (non-hydrogen) atoms. The summed E-state index contributed by atoms with van der Waals surface area (Å²) in [5, 5.41) is 0. The van der Waals surface area contributed by atoms with Gasteiger partial charge in [0, 0.05) is 0 Å². The molecule has 0 aromatic carbocycles. The molecule has 0 aliphatic heterocycles. The SMILES string of the molecule is C=CC(C)[C@H](O[Si](C=C(C)C)C=C(C)C)C(C)C. The minimum absolute atomic E-state index is 0.252. The summed E-state index contributed by atoms with van der Waals surface area (Å²) in [5.41, 5.74) is 7.22. The predicted octanol–water partition coefficient (Wildman–Crippen LogP) is 4.85. The summed E-state index contributed by atoms with van der Waals surface area (Å²) in [6.45, 7) is 19.0. The van der Waals surface area contributed by atoms with Crippen LogP contribution >= 0.6 is 0 Å². The van der Waals surface area contributed by atoms with E-state index in [9.17, 15) is 0 Å². The fourth-order valence-electron chi connectivity index (χ4n) is 1.82. The highest BCUT2D eigenvalue weighted by Gasteiger charge is 2.22. The predicted molar refractivity (Wildman–Crippen MR) is 83.7 cm³/mol. The molecular formula is C16H29OSi. The van der Waals surface area contributed by atoms with Crippen molar-refractivity contribution >= 4 is 9.04 Å². The molecule has 0 spiro atoms. The number of allylic oxidation sites excluding steroid dienone is 2. The van der Waals surface area contributed by atoms with Gasteiger partial charge in [0.15, 0.2) is 0 Å². The molecule has 0 aromatic heterocycles. The van der Waals surface area contributed by atoms with Crippen molar-refractivity contribution in [3.05, 3.63) is 35.2 Å². The van der Waals surface area contributed by atoms with Gasteiger partial charge in [0.05, 0.1) is 6.10 Å². The van der Waals surface area contributed by atoms with Crippen LogP contribution < -0.4 is 0 Å². The fraction of sp³-hybridized carbons (Fsp3) is 0.625. The summed E-state index contributed by atoms with van der Waals surface area (Å²) >= 11 is 0. The lowest BCUT2D eigenvalue weighted by molar-refractivity contribution is 0.120. The van der Waals surface area contributed by atoms with Crippen LogP contribution in [0.1, 0.15) is 48.5 Å². The third kappa shape index (κ3) is 6.97. The Balaban J connectivity index is 4.97. The standard InChI is InChI=1S/C16H29OSi/c1-9-15(8)16(14(6)7)17-18(10-12(2)3)11-13(4)5/h9-11,14-16H,1H2,2-8H3/t15?,16-/m1/s1. The molecule has 1 nitrogen and oxygen atoms in total. The van der Waals surface area contributed by atoms with E-state index in [4.69, 9.17) is 4.43 Å². The van der Waals surface area contributed by atoms with Crippen molar-refractivity contribution in [3.63, 3.8) is 0 Å². The molecule has 0 fully saturated rings. The van der Waals surface area contributed by atoms with Gasteiger partial charge in [-0.3, -0.25) is 0 Å². The van der Waals surface area contributed by atoms with E-state index in [0.717, 1.165) is 0 Å². The molecule has 0 saturated carbocycles.